The molecular weight excluding hydrogens is 505 g/mol. The third-order valence-corrected chi connectivity index (χ3v) is 6.47. The third-order valence-electron chi connectivity index (χ3n) is 5.33. The number of hydrogen-bond donors (Lipinski definition) is 1. The van der Waals surface area contributed by atoms with Gasteiger partial charge in [-0.25, -0.2) is 0 Å². The van der Waals surface area contributed by atoms with Crippen molar-refractivity contribution in [2.24, 2.45) is 5.73 Å². The standard InChI is InChI=1S/C23H20ClF3N4O3S/c1-34-12-17(28)11-30-21(32)20(35-22(30)33)7-13-2-5-19-15(6-13)9-29-31(19)10-14-3-4-16(24)8-18(14)23(25,26)27/h2-9,17H,10-12,28H2,1H3/b20-7-/t17-/m0/s1. The molecule has 7 nitrogen and oxygen atoms in total. The number of fused-ring (bicyclic) bond motifs is 1. The van der Waals surface area contributed by atoms with Gasteiger partial charge in [-0.3, -0.25) is 19.2 Å². The quantitative estimate of drug-likeness (QED) is 0.448. The van der Waals surface area contributed by atoms with Gasteiger partial charge in [0.2, 0.25) is 0 Å². The van der Waals surface area contributed by atoms with E-state index in [-0.39, 0.29) is 35.2 Å². The molecule has 35 heavy (non-hydrogen) atoms. The van der Waals surface area contributed by atoms with Crippen molar-refractivity contribution < 1.29 is 27.5 Å². The van der Waals surface area contributed by atoms with E-state index in [2.05, 4.69) is 5.10 Å². The largest absolute Gasteiger partial charge is 0.416 e. The fourth-order valence-corrected chi connectivity index (χ4v) is 4.76. The lowest BCUT2D eigenvalue weighted by molar-refractivity contribution is -0.138. The molecule has 0 bridgehead atoms. The van der Waals surface area contributed by atoms with Crippen LogP contribution in [-0.2, 0) is 22.3 Å². The zero-order valence-electron chi connectivity index (χ0n) is 18.4. The molecule has 184 valence electrons. The summed E-state index contributed by atoms with van der Waals surface area (Å²) in [5, 5.41) is 4.49. The van der Waals surface area contributed by atoms with E-state index < -0.39 is 28.9 Å². The number of imide groups is 1. The maximum Gasteiger partial charge on any atom is 0.416 e. The van der Waals surface area contributed by atoms with E-state index >= 15 is 0 Å². The minimum atomic E-state index is -4.55. The molecule has 1 atom stereocenters. The van der Waals surface area contributed by atoms with E-state index in [1.165, 1.54) is 30.1 Å². The first-order chi connectivity index (χ1) is 16.6. The lowest BCUT2D eigenvalue weighted by Gasteiger charge is -2.17. The number of nitrogens with zero attached hydrogens (tertiary/aromatic N) is 3. The summed E-state index contributed by atoms with van der Waals surface area (Å²) in [5.41, 5.74) is 6.35. The average molecular weight is 525 g/mol. The normalized spacial score (nSPS) is 16.6. The van der Waals surface area contributed by atoms with Crippen molar-refractivity contribution >= 4 is 51.5 Å². The molecule has 2 amide bonds. The predicted molar refractivity (Wildman–Crippen MR) is 128 cm³/mol. The van der Waals surface area contributed by atoms with Crippen LogP contribution in [0.3, 0.4) is 0 Å². The summed E-state index contributed by atoms with van der Waals surface area (Å²) in [7, 11) is 1.48. The summed E-state index contributed by atoms with van der Waals surface area (Å²) in [6.45, 7) is 0.156. The van der Waals surface area contributed by atoms with Gasteiger partial charge in [0, 0.05) is 30.1 Å². The fourth-order valence-electron chi connectivity index (χ4n) is 3.74. The predicted octanol–water partition coefficient (Wildman–Crippen LogP) is 4.77. The highest BCUT2D eigenvalue weighted by molar-refractivity contribution is 8.18. The van der Waals surface area contributed by atoms with Gasteiger partial charge in [-0.2, -0.15) is 18.3 Å². The lowest BCUT2D eigenvalue weighted by Crippen LogP contribution is -2.42. The zero-order valence-corrected chi connectivity index (χ0v) is 20.0. The number of nitrogens with two attached hydrogens (primary N) is 1. The summed E-state index contributed by atoms with van der Waals surface area (Å²) < 4.78 is 46.8. The lowest BCUT2D eigenvalue weighted by atomic mass is 10.1. The number of ether oxygens (including phenoxy) is 1. The van der Waals surface area contributed by atoms with Crippen molar-refractivity contribution in [3.05, 3.63) is 69.2 Å². The second-order valence-electron chi connectivity index (χ2n) is 7.93. The van der Waals surface area contributed by atoms with Gasteiger partial charge in [0.1, 0.15) is 0 Å². The number of amides is 2. The third kappa shape index (κ3) is 5.53. The number of rotatable bonds is 7. The van der Waals surface area contributed by atoms with Gasteiger partial charge in [0.15, 0.2) is 0 Å². The van der Waals surface area contributed by atoms with Crippen molar-refractivity contribution in [1.29, 1.82) is 0 Å². The Labute approximate surface area is 207 Å². The summed E-state index contributed by atoms with van der Waals surface area (Å²) in [4.78, 5) is 26.3. The van der Waals surface area contributed by atoms with Crippen molar-refractivity contribution in [2.75, 3.05) is 20.3 Å². The molecule has 4 rings (SSSR count). The van der Waals surface area contributed by atoms with Crippen LogP contribution in [0, 0.1) is 0 Å². The van der Waals surface area contributed by atoms with Gasteiger partial charge < -0.3 is 10.5 Å². The van der Waals surface area contributed by atoms with Gasteiger partial charge in [-0.1, -0.05) is 23.7 Å². The van der Waals surface area contributed by atoms with Crippen molar-refractivity contribution in [3.8, 4) is 0 Å². The highest BCUT2D eigenvalue weighted by Crippen LogP contribution is 2.35. The Morgan fingerprint density at radius 3 is 2.71 bits per heavy atom. The number of halogens is 4. The minimum absolute atomic E-state index is 0.00105. The molecule has 2 heterocycles. The van der Waals surface area contributed by atoms with Gasteiger partial charge in [0.25, 0.3) is 11.1 Å². The molecule has 0 unspecified atom stereocenters. The number of aromatic nitrogens is 2. The Morgan fingerprint density at radius 2 is 2.00 bits per heavy atom. The van der Waals surface area contributed by atoms with Gasteiger partial charge >= 0.3 is 6.18 Å². The van der Waals surface area contributed by atoms with Crippen LogP contribution < -0.4 is 5.73 Å². The van der Waals surface area contributed by atoms with Crippen LogP contribution in [-0.4, -0.2) is 52.1 Å². The van der Waals surface area contributed by atoms with E-state index in [0.29, 0.717) is 16.5 Å². The number of hydrogen-bond acceptors (Lipinski definition) is 6. The molecule has 2 N–H and O–H groups in total. The maximum absolute atomic E-state index is 13.4. The van der Waals surface area contributed by atoms with Crippen LogP contribution in [0.5, 0.6) is 0 Å². The number of alkyl halides is 3. The maximum atomic E-state index is 13.4. The SMILES string of the molecule is COC[C@@H](N)CN1C(=O)S/C(=C\c2ccc3c(cnn3Cc3ccc(Cl)cc3C(F)(F)F)c2)C1=O. The molecule has 1 saturated heterocycles. The number of methoxy groups -OCH3 is 1. The monoisotopic (exact) mass is 524 g/mol. The van der Waals surface area contributed by atoms with Crippen LogP contribution in [0.15, 0.2) is 47.5 Å². The molecule has 2 aromatic carbocycles. The van der Waals surface area contributed by atoms with E-state index in [1.54, 1.807) is 24.3 Å². The smallest absolute Gasteiger partial charge is 0.383 e. The van der Waals surface area contributed by atoms with Gasteiger partial charge in [-0.15, -0.1) is 0 Å². The number of carbonyl (C=O) groups is 2. The molecule has 0 saturated carbocycles. The van der Waals surface area contributed by atoms with E-state index in [0.717, 1.165) is 22.7 Å². The Kier molecular flexibility index (Phi) is 7.22. The molecule has 1 fully saturated rings. The summed E-state index contributed by atoms with van der Waals surface area (Å²) in [5.74, 6) is -0.440. The molecule has 3 aromatic rings. The second kappa shape index (κ2) is 10.0. The topological polar surface area (TPSA) is 90.4 Å². The Balaban J connectivity index is 1.57. The molecule has 0 aliphatic carbocycles. The van der Waals surface area contributed by atoms with Gasteiger partial charge in [0.05, 0.1) is 35.3 Å². The highest BCUT2D eigenvalue weighted by Gasteiger charge is 2.36. The number of benzene rings is 2. The van der Waals surface area contributed by atoms with Crippen molar-refractivity contribution in [1.82, 2.24) is 14.7 Å². The minimum Gasteiger partial charge on any atom is -0.383 e. The highest BCUT2D eigenvalue weighted by atomic mass is 35.5. The summed E-state index contributed by atoms with van der Waals surface area (Å²) >= 11 is 6.58. The first kappa shape index (κ1) is 25.2. The molecule has 0 radical (unpaired) electrons. The Morgan fingerprint density at radius 1 is 1.23 bits per heavy atom. The number of thioether (sulfide) groups is 1. The first-order valence-electron chi connectivity index (χ1n) is 10.4. The van der Waals surface area contributed by atoms with Gasteiger partial charge in [-0.05, 0) is 53.2 Å². The van der Waals surface area contributed by atoms with E-state index in [4.69, 9.17) is 22.1 Å². The summed E-state index contributed by atoms with van der Waals surface area (Å²) in [6, 6.07) is 8.31. The van der Waals surface area contributed by atoms with Crippen molar-refractivity contribution in [3.63, 3.8) is 0 Å². The fraction of sp³-hybridized carbons (Fsp3) is 0.261. The van der Waals surface area contributed by atoms with E-state index in [1.807, 2.05) is 0 Å². The molecule has 1 aliphatic rings. The molecule has 1 aliphatic heterocycles. The Hall–Kier alpha value is -2.86. The summed E-state index contributed by atoms with van der Waals surface area (Å²) in [6.07, 6.45) is -1.43. The number of carbonyl (C=O) groups excluding carboxylic acids is 2. The van der Waals surface area contributed by atoms with Crippen LogP contribution in [0.2, 0.25) is 5.02 Å². The van der Waals surface area contributed by atoms with Crippen LogP contribution in [0.1, 0.15) is 16.7 Å². The molecule has 0 spiro atoms. The van der Waals surface area contributed by atoms with Crippen LogP contribution in [0.4, 0.5) is 18.0 Å². The van der Waals surface area contributed by atoms with Crippen molar-refractivity contribution in [2.45, 2.75) is 18.8 Å². The first-order valence-corrected chi connectivity index (χ1v) is 11.6. The van der Waals surface area contributed by atoms with Crippen LogP contribution in [0.25, 0.3) is 17.0 Å². The second-order valence-corrected chi connectivity index (χ2v) is 9.36. The Bertz CT molecular complexity index is 1330. The van der Waals surface area contributed by atoms with E-state index in [9.17, 15) is 22.8 Å². The zero-order chi connectivity index (χ0) is 25.3. The van der Waals surface area contributed by atoms with Crippen LogP contribution >= 0.6 is 23.4 Å². The molecular formula is C23H20ClF3N4O3S. The molecule has 12 heteroatoms. The average Bonchev–Trinajstić information content (AvgIpc) is 3.30. The molecule has 1 aromatic heterocycles.